The van der Waals surface area contributed by atoms with E-state index < -0.39 is 36.9 Å². The number of hydrogen-bond donors (Lipinski definition) is 5. The average Bonchev–Trinajstić information content (AvgIpc) is 3.23. The number of hydrogen-bond acceptors (Lipinski definition) is 5. The van der Waals surface area contributed by atoms with Gasteiger partial charge in [-0.05, 0) is 38.5 Å². The van der Waals surface area contributed by atoms with Crippen molar-refractivity contribution in [2.45, 2.75) is 308 Å². The lowest BCUT2D eigenvalue weighted by atomic mass is 9.99. The first kappa shape index (κ1) is 57.1. The Morgan fingerprint density at radius 2 is 0.690 bits per heavy atom. The zero-order valence-corrected chi connectivity index (χ0v) is 39.1. The molecule has 5 N–H and O–H groups in total. The minimum absolute atomic E-state index is 0.369. The molecule has 0 fully saturated rings. The second-order valence-electron chi connectivity index (χ2n) is 18.2. The van der Waals surface area contributed by atoms with Crippen LogP contribution in [0.1, 0.15) is 284 Å². The first-order valence-electron chi connectivity index (χ1n) is 26.1. The highest BCUT2D eigenvalue weighted by molar-refractivity contribution is 5.80. The number of unbranched alkanes of at least 4 members (excludes halogenated alkanes) is 37. The molecule has 4 atom stereocenters. The van der Waals surface area contributed by atoms with Crippen molar-refractivity contribution >= 4 is 5.91 Å². The summed E-state index contributed by atoms with van der Waals surface area (Å²) in [6, 6.07) is -0.984. The van der Waals surface area contributed by atoms with Gasteiger partial charge in [0.05, 0.1) is 18.8 Å². The van der Waals surface area contributed by atoms with Crippen molar-refractivity contribution in [1.82, 2.24) is 5.32 Å². The zero-order valence-electron chi connectivity index (χ0n) is 39.1. The smallest absolute Gasteiger partial charge is 0.249 e. The van der Waals surface area contributed by atoms with Crippen LogP contribution >= 0.6 is 0 Å². The number of carbonyl (C=O) groups is 1. The van der Waals surface area contributed by atoms with Gasteiger partial charge in [-0.2, -0.15) is 0 Å². The maximum atomic E-state index is 12.6. The van der Waals surface area contributed by atoms with Gasteiger partial charge in [0.1, 0.15) is 12.2 Å². The molecule has 1 amide bonds. The quantitative estimate of drug-likeness (QED) is 0.0310. The van der Waals surface area contributed by atoms with Crippen LogP contribution in [0.4, 0.5) is 0 Å². The molecule has 0 aliphatic heterocycles. The summed E-state index contributed by atoms with van der Waals surface area (Å²) < 4.78 is 0. The first-order valence-corrected chi connectivity index (χ1v) is 26.1. The van der Waals surface area contributed by atoms with E-state index in [1.807, 2.05) is 0 Å². The molecule has 58 heavy (non-hydrogen) atoms. The highest BCUT2D eigenvalue weighted by Gasteiger charge is 2.28. The lowest BCUT2D eigenvalue weighted by Crippen LogP contribution is -2.53. The van der Waals surface area contributed by atoms with Gasteiger partial charge in [-0.15, -0.1) is 0 Å². The van der Waals surface area contributed by atoms with Gasteiger partial charge in [-0.25, -0.2) is 0 Å². The molecule has 6 nitrogen and oxygen atoms in total. The SMILES string of the molecule is CCCCCCCCCCCCCC/C=C\CCCCCCCCCCC(O)C(=O)NC(CO)C(O)C(O)CCCCCCCCCCCCCCCCCCCC. The van der Waals surface area contributed by atoms with Crippen LogP contribution in [0.2, 0.25) is 0 Å². The van der Waals surface area contributed by atoms with E-state index in [0.717, 1.165) is 38.5 Å². The third-order valence-electron chi connectivity index (χ3n) is 12.5. The summed E-state index contributed by atoms with van der Waals surface area (Å²) in [4.78, 5) is 12.6. The number of amides is 1. The predicted octanol–water partition coefficient (Wildman–Crippen LogP) is 14.5. The predicted molar refractivity (Wildman–Crippen MR) is 251 cm³/mol. The monoisotopic (exact) mass is 822 g/mol. The Bertz CT molecular complexity index is 837. The third kappa shape index (κ3) is 40.5. The molecule has 0 aromatic rings. The number of aliphatic hydroxyl groups is 4. The number of aliphatic hydroxyl groups excluding tert-OH is 4. The molecule has 0 rings (SSSR count). The summed E-state index contributed by atoms with van der Waals surface area (Å²) in [5.41, 5.74) is 0. The fourth-order valence-corrected chi connectivity index (χ4v) is 8.34. The molecule has 4 unspecified atom stereocenters. The maximum absolute atomic E-state index is 12.6. The summed E-state index contributed by atoms with van der Waals surface area (Å²) in [7, 11) is 0. The Labute approximate surface area is 362 Å². The van der Waals surface area contributed by atoms with Crippen molar-refractivity contribution in [3.05, 3.63) is 12.2 Å². The molecule has 0 aromatic carbocycles. The van der Waals surface area contributed by atoms with E-state index in [9.17, 15) is 25.2 Å². The van der Waals surface area contributed by atoms with E-state index in [-0.39, 0.29) is 0 Å². The van der Waals surface area contributed by atoms with Gasteiger partial charge in [-0.3, -0.25) is 4.79 Å². The van der Waals surface area contributed by atoms with Crippen LogP contribution in [0.15, 0.2) is 12.2 Å². The van der Waals surface area contributed by atoms with E-state index >= 15 is 0 Å². The fraction of sp³-hybridized carbons (Fsp3) is 0.942. The average molecular weight is 822 g/mol. The van der Waals surface area contributed by atoms with E-state index in [2.05, 4.69) is 31.3 Å². The minimum Gasteiger partial charge on any atom is -0.394 e. The second-order valence-corrected chi connectivity index (χ2v) is 18.2. The van der Waals surface area contributed by atoms with E-state index in [1.54, 1.807) is 0 Å². The summed E-state index contributed by atoms with van der Waals surface area (Å²) in [5.74, 6) is -0.582. The number of allylic oxidation sites excluding steroid dienone is 2. The van der Waals surface area contributed by atoms with Gasteiger partial charge < -0.3 is 25.7 Å². The molecule has 0 aliphatic rings. The number of nitrogens with one attached hydrogen (secondary N) is 1. The van der Waals surface area contributed by atoms with Gasteiger partial charge in [-0.1, -0.05) is 257 Å². The molecule has 0 saturated carbocycles. The zero-order chi connectivity index (χ0) is 42.4. The van der Waals surface area contributed by atoms with Crippen molar-refractivity contribution in [2.24, 2.45) is 0 Å². The molecule has 346 valence electrons. The highest BCUT2D eigenvalue weighted by atomic mass is 16.3. The molecule has 0 radical (unpaired) electrons. The van der Waals surface area contributed by atoms with Crippen LogP contribution < -0.4 is 5.32 Å². The lowest BCUT2D eigenvalue weighted by Gasteiger charge is -2.27. The van der Waals surface area contributed by atoms with Gasteiger partial charge in [0, 0.05) is 0 Å². The first-order chi connectivity index (χ1) is 28.5. The number of carbonyl (C=O) groups excluding carboxylic acids is 1. The van der Waals surface area contributed by atoms with Gasteiger partial charge in [0.2, 0.25) is 5.91 Å². The molecule has 0 spiro atoms. The Balaban J connectivity index is 3.65. The topological polar surface area (TPSA) is 110 Å². The summed E-state index contributed by atoms with van der Waals surface area (Å²) in [5, 5.41) is 43.9. The Kier molecular flexibility index (Phi) is 46.3. The minimum atomic E-state index is -1.26. The van der Waals surface area contributed by atoms with E-state index in [4.69, 9.17) is 0 Å². The van der Waals surface area contributed by atoms with Gasteiger partial charge >= 0.3 is 0 Å². The number of rotatable bonds is 48. The van der Waals surface area contributed by atoms with Crippen LogP contribution in [0, 0.1) is 0 Å². The second kappa shape index (κ2) is 47.1. The highest BCUT2D eigenvalue weighted by Crippen LogP contribution is 2.18. The molecule has 0 bridgehead atoms. The van der Waals surface area contributed by atoms with Crippen LogP contribution in [0.5, 0.6) is 0 Å². The summed E-state index contributed by atoms with van der Waals surface area (Å²) >= 11 is 0. The Morgan fingerprint density at radius 3 is 1.00 bits per heavy atom. The molecule has 6 heteroatoms. The van der Waals surface area contributed by atoms with Crippen molar-refractivity contribution in [1.29, 1.82) is 0 Å². The van der Waals surface area contributed by atoms with Crippen molar-refractivity contribution in [3.8, 4) is 0 Å². The van der Waals surface area contributed by atoms with Crippen LogP contribution in [0.25, 0.3) is 0 Å². The fourth-order valence-electron chi connectivity index (χ4n) is 8.34. The molecule has 0 heterocycles. The molecule has 0 aliphatic carbocycles. The van der Waals surface area contributed by atoms with Crippen LogP contribution in [0.3, 0.4) is 0 Å². The van der Waals surface area contributed by atoms with Crippen LogP contribution in [-0.2, 0) is 4.79 Å². The normalized spacial score (nSPS) is 14.0. The van der Waals surface area contributed by atoms with Gasteiger partial charge in [0.25, 0.3) is 0 Å². The summed E-state index contributed by atoms with van der Waals surface area (Å²) in [6.07, 6.45) is 54.0. The molecular weight excluding hydrogens is 719 g/mol. The van der Waals surface area contributed by atoms with Crippen LogP contribution in [-0.4, -0.2) is 57.3 Å². The lowest BCUT2D eigenvalue weighted by molar-refractivity contribution is -0.132. The van der Waals surface area contributed by atoms with E-state index in [0.29, 0.717) is 12.8 Å². The Morgan fingerprint density at radius 1 is 0.414 bits per heavy atom. The molecule has 0 aromatic heterocycles. The summed E-state index contributed by atoms with van der Waals surface area (Å²) in [6.45, 7) is 4.08. The third-order valence-corrected chi connectivity index (χ3v) is 12.5. The maximum Gasteiger partial charge on any atom is 0.249 e. The standard InChI is InChI=1S/C52H103NO5/c1-3-5-7-9-11-13-15-17-19-21-23-24-25-26-27-28-30-32-34-36-38-40-42-44-46-50(56)52(58)53-48(47-54)51(57)49(55)45-43-41-39-37-35-33-31-29-22-20-18-16-14-12-10-8-6-4-2/h26-27,48-51,54-57H,3-25,28-47H2,1-2H3,(H,53,58)/b27-26-. The van der Waals surface area contributed by atoms with Crippen molar-refractivity contribution in [2.75, 3.05) is 6.61 Å². The Hall–Kier alpha value is -0.950. The van der Waals surface area contributed by atoms with Crippen molar-refractivity contribution < 1.29 is 25.2 Å². The van der Waals surface area contributed by atoms with Crippen molar-refractivity contribution in [3.63, 3.8) is 0 Å². The van der Waals surface area contributed by atoms with Gasteiger partial charge in [0.15, 0.2) is 0 Å². The largest absolute Gasteiger partial charge is 0.394 e. The molecule has 0 saturated heterocycles. The molecular formula is C52H103NO5. The van der Waals surface area contributed by atoms with E-state index in [1.165, 1.54) is 218 Å².